The molecule has 3 heteroatoms. The van der Waals surface area contributed by atoms with Crippen molar-refractivity contribution in [1.82, 2.24) is 0 Å². The predicted octanol–water partition coefficient (Wildman–Crippen LogP) is 2.99. The molecule has 2 rings (SSSR count). The van der Waals surface area contributed by atoms with Crippen LogP contribution in [0.25, 0.3) is 0 Å². The number of ether oxygens (including phenoxy) is 1. The van der Waals surface area contributed by atoms with Crippen molar-refractivity contribution in [2.75, 3.05) is 6.61 Å². The molecule has 2 N–H and O–H groups in total. The number of rotatable bonds is 4. The molecule has 3 nitrogen and oxygen atoms in total. The number of nitrogens with zero attached hydrogens (tertiary/aromatic N) is 1. The van der Waals surface area contributed by atoms with Gasteiger partial charge >= 0.3 is 0 Å². The van der Waals surface area contributed by atoms with Crippen LogP contribution in [0.2, 0.25) is 0 Å². The van der Waals surface area contributed by atoms with Gasteiger partial charge < -0.3 is 10.5 Å². The Labute approximate surface area is 111 Å². The number of nitriles is 1. The standard InChI is InChI=1S/C15H26N2O/c1-12-5-2-3-7-14(12)18-10-8-13-6-4-9-15(13,17)11-16/h12-14H,2-10,17H2,1H3. The minimum absolute atomic E-state index is 0.335. The third-order valence-corrected chi connectivity index (χ3v) is 4.91. The maximum atomic E-state index is 9.17. The van der Waals surface area contributed by atoms with Crippen LogP contribution in [-0.4, -0.2) is 18.2 Å². The van der Waals surface area contributed by atoms with E-state index >= 15 is 0 Å². The summed E-state index contributed by atoms with van der Waals surface area (Å²) < 4.78 is 6.03. The molecule has 0 aromatic heterocycles. The maximum absolute atomic E-state index is 9.17. The average molecular weight is 250 g/mol. The monoisotopic (exact) mass is 250 g/mol. The largest absolute Gasteiger partial charge is 0.378 e. The minimum Gasteiger partial charge on any atom is -0.378 e. The minimum atomic E-state index is -0.582. The van der Waals surface area contributed by atoms with Gasteiger partial charge in [0, 0.05) is 6.61 Å². The van der Waals surface area contributed by atoms with Crippen molar-refractivity contribution >= 4 is 0 Å². The Morgan fingerprint density at radius 2 is 2.06 bits per heavy atom. The summed E-state index contributed by atoms with van der Waals surface area (Å²) in [5.41, 5.74) is 5.55. The first-order valence-electron chi connectivity index (χ1n) is 7.47. The van der Waals surface area contributed by atoms with E-state index in [4.69, 9.17) is 15.7 Å². The van der Waals surface area contributed by atoms with Gasteiger partial charge in [0.1, 0.15) is 5.54 Å². The zero-order valence-electron chi connectivity index (χ0n) is 11.5. The van der Waals surface area contributed by atoms with Gasteiger partial charge in [-0.1, -0.05) is 26.2 Å². The zero-order chi connectivity index (χ0) is 13.0. The fourth-order valence-corrected chi connectivity index (χ4v) is 3.54. The smallest absolute Gasteiger partial charge is 0.107 e. The number of nitrogens with two attached hydrogens (primary N) is 1. The molecule has 0 radical (unpaired) electrons. The molecule has 4 atom stereocenters. The van der Waals surface area contributed by atoms with Crippen LogP contribution in [0.5, 0.6) is 0 Å². The Morgan fingerprint density at radius 3 is 2.78 bits per heavy atom. The summed E-state index contributed by atoms with van der Waals surface area (Å²) >= 11 is 0. The van der Waals surface area contributed by atoms with E-state index in [9.17, 15) is 0 Å². The summed E-state index contributed by atoms with van der Waals surface area (Å²) in [5.74, 6) is 1.03. The van der Waals surface area contributed by atoms with Crippen molar-refractivity contribution in [2.24, 2.45) is 17.6 Å². The lowest BCUT2D eigenvalue weighted by molar-refractivity contribution is -0.0118. The molecule has 0 saturated heterocycles. The highest BCUT2D eigenvalue weighted by molar-refractivity contribution is 5.11. The van der Waals surface area contributed by atoms with Gasteiger partial charge in [0.2, 0.25) is 0 Å². The Kier molecular flexibility index (Phi) is 4.64. The van der Waals surface area contributed by atoms with Gasteiger partial charge in [-0.2, -0.15) is 5.26 Å². The second kappa shape index (κ2) is 6.04. The van der Waals surface area contributed by atoms with Crippen LogP contribution in [0.1, 0.15) is 58.3 Å². The van der Waals surface area contributed by atoms with Crippen molar-refractivity contribution in [3.63, 3.8) is 0 Å². The van der Waals surface area contributed by atoms with Gasteiger partial charge in [-0.05, 0) is 43.9 Å². The molecule has 0 heterocycles. The molecule has 0 bridgehead atoms. The third-order valence-electron chi connectivity index (χ3n) is 4.91. The van der Waals surface area contributed by atoms with E-state index in [2.05, 4.69) is 13.0 Å². The van der Waals surface area contributed by atoms with Crippen LogP contribution in [0, 0.1) is 23.2 Å². The molecule has 0 amide bonds. The van der Waals surface area contributed by atoms with Gasteiger partial charge in [-0.25, -0.2) is 0 Å². The zero-order valence-corrected chi connectivity index (χ0v) is 11.5. The average Bonchev–Trinajstić information content (AvgIpc) is 2.74. The summed E-state index contributed by atoms with van der Waals surface area (Å²) in [5, 5.41) is 9.17. The van der Waals surface area contributed by atoms with Crippen molar-refractivity contribution < 1.29 is 4.74 Å². The number of hydrogen-bond donors (Lipinski definition) is 1. The fourth-order valence-electron chi connectivity index (χ4n) is 3.54. The summed E-state index contributed by atoms with van der Waals surface area (Å²) in [6.07, 6.45) is 9.59. The normalized spacial score (nSPS) is 40.6. The molecule has 18 heavy (non-hydrogen) atoms. The van der Waals surface area contributed by atoms with E-state index in [1.807, 2.05) is 0 Å². The van der Waals surface area contributed by atoms with Crippen LogP contribution < -0.4 is 5.73 Å². The molecule has 2 aliphatic carbocycles. The molecule has 0 aromatic carbocycles. The quantitative estimate of drug-likeness (QED) is 0.834. The maximum Gasteiger partial charge on any atom is 0.107 e. The predicted molar refractivity (Wildman–Crippen MR) is 71.9 cm³/mol. The fraction of sp³-hybridized carbons (Fsp3) is 0.933. The van der Waals surface area contributed by atoms with Crippen molar-refractivity contribution in [2.45, 2.75) is 69.9 Å². The Bertz CT molecular complexity index is 312. The summed E-state index contributed by atoms with van der Waals surface area (Å²) in [4.78, 5) is 0. The molecular formula is C15H26N2O. The lowest BCUT2D eigenvalue weighted by atomic mass is 9.86. The highest BCUT2D eigenvalue weighted by atomic mass is 16.5. The van der Waals surface area contributed by atoms with E-state index < -0.39 is 5.54 Å². The lowest BCUT2D eigenvalue weighted by Crippen LogP contribution is -2.42. The van der Waals surface area contributed by atoms with Crippen LogP contribution in [0.4, 0.5) is 0 Å². The van der Waals surface area contributed by atoms with Crippen LogP contribution >= 0.6 is 0 Å². The second-order valence-corrected chi connectivity index (χ2v) is 6.20. The molecular weight excluding hydrogens is 224 g/mol. The molecule has 0 aliphatic heterocycles. The van der Waals surface area contributed by atoms with Gasteiger partial charge in [0.25, 0.3) is 0 Å². The molecule has 2 fully saturated rings. The number of hydrogen-bond acceptors (Lipinski definition) is 3. The topological polar surface area (TPSA) is 59.0 Å². The van der Waals surface area contributed by atoms with Gasteiger partial charge in [0.15, 0.2) is 0 Å². The first kappa shape index (κ1) is 13.8. The molecule has 102 valence electrons. The summed E-state index contributed by atoms with van der Waals surface area (Å²) in [6, 6.07) is 2.31. The second-order valence-electron chi connectivity index (χ2n) is 6.20. The summed E-state index contributed by atoms with van der Waals surface area (Å²) in [6.45, 7) is 3.07. The molecule has 0 spiro atoms. The first-order chi connectivity index (χ1) is 8.65. The molecule has 2 aliphatic rings. The van der Waals surface area contributed by atoms with E-state index in [-0.39, 0.29) is 0 Å². The molecule has 2 saturated carbocycles. The van der Waals surface area contributed by atoms with Crippen molar-refractivity contribution in [3.05, 3.63) is 0 Å². The molecule has 4 unspecified atom stereocenters. The van der Waals surface area contributed by atoms with E-state index in [0.29, 0.717) is 17.9 Å². The Hall–Kier alpha value is -0.590. The lowest BCUT2D eigenvalue weighted by Gasteiger charge is -2.30. The highest BCUT2D eigenvalue weighted by Crippen LogP contribution is 2.36. The van der Waals surface area contributed by atoms with E-state index in [0.717, 1.165) is 32.3 Å². The highest BCUT2D eigenvalue weighted by Gasteiger charge is 2.39. The van der Waals surface area contributed by atoms with Gasteiger partial charge in [0.05, 0.1) is 12.2 Å². The van der Waals surface area contributed by atoms with Crippen LogP contribution in [-0.2, 0) is 4.74 Å². The van der Waals surface area contributed by atoms with Crippen LogP contribution in [0.15, 0.2) is 0 Å². The van der Waals surface area contributed by atoms with Crippen molar-refractivity contribution in [1.29, 1.82) is 5.26 Å². The molecule has 0 aromatic rings. The van der Waals surface area contributed by atoms with Crippen molar-refractivity contribution in [3.8, 4) is 6.07 Å². The third kappa shape index (κ3) is 3.05. The SMILES string of the molecule is CC1CCCCC1OCCC1CCCC1(N)C#N. The Morgan fingerprint density at radius 1 is 1.28 bits per heavy atom. The van der Waals surface area contributed by atoms with E-state index in [1.54, 1.807) is 0 Å². The van der Waals surface area contributed by atoms with Gasteiger partial charge in [-0.3, -0.25) is 0 Å². The first-order valence-corrected chi connectivity index (χ1v) is 7.47. The summed E-state index contributed by atoms with van der Waals surface area (Å²) in [7, 11) is 0. The Balaban J connectivity index is 1.73. The van der Waals surface area contributed by atoms with E-state index in [1.165, 1.54) is 25.7 Å². The van der Waals surface area contributed by atoms with Crippen LogP contribution in [0.3, 0.4) is 0 Å². The van der Waals surface area contributed by atoms with Gasteiger partial charge in [-0.15, -0.1) is 0 Å².